The van der Waals surface area contributed by atoms with Gasteiger partial charge in [-0.1, -0.05) is 84.0 Å². The molecule has 136 valence electrons. The maximum absolute atomic E-state index is 2.29. The van der Waals surface area contributed by atoms with Crippen molar-refractivity contribution in [2.75, 3.05) is 0 Å². The summed E-state index contributed by atoms with van der Waals surface area (Å²) in [5.41, 5.74) is 0. The minimum atomic E-state index is 0. The van der Waals surface area contributed by atoms with Crippen molar-refractivity contribution in [3.05, 3.63) is 18.7 Å². The van der Waals surface area contributed by atoms with Crippen LogP contribution in [0, 0.1) is 0 Å². The average molecular weight is 325 g/mol. The highest BCUT2D eigenvalue weighted by molar-refractivity contribution is 4.61. The fourth-order valence-electron chi connectivity index (χ4n) is 3.12. The van der Waals surface area contributed by atoms with E-state index < -0.39 is 0 Å². The molecule has 0 fully saturated rings. The number of hydrogen-bond acceptors (Lipinski definition) is 1. The van der Waals surface area contributed by atoms with Crippen LogP contribution in [0.2, 0.25) is 0 Å². The van der Waals surface area contributed by atoms with E-state index in [1.807, 2.05) is 0 Å². The zero-order valence-electron chi connectivity index (χ0n) is 15.7. The van der Waals surface area contributed by atoms with Gasteiger partial charge in [0.2, 0.25) is 6.33 Å². The minimum Gasteiger partial charge on any atom is -0.870 e. The second-order valence-electron chi connectivity index (χ2n) is 6.91. The third-order valence-corrected chi connectivity index (χ3v) is 4.59. The predicted octanol–water partition coefficient (Wildman–Crippen LogP) is 5.62. The van der Waals surface area contributed by atoms with Crippen LogP contribution in [0.15, 0.2) is 18.7 Å². The first-order valence-electron chi connectivity index (χ1n) is 9.84. The molecule has 1 aromatic rings. The van der Waals surface area contributed by atoms with Gasteiger partial charge in [0.25, 0.3) is 0 Å². The van der Waals surface area contributed by atoms with Gasteiger partial charge in [0.05, 0.1) is 13.6 Å². The normalized spacial score (nSPS) is 10.7. The molecule has 0 aliphatic heterocycles. The lowest BCUT2D eigenvalue weighted by atomic mass is 10.0. The number of aryl methyl sites for hydroxylation is 2. The summed E-state index contributed by atoms with van der Waals surface area (Å²) < 4.78 is 4.41. The van der Waals surface area contributed by atoms with Gasteiger partial charge in [-0.25, -0.2) is 9.13 Å². The lowest BCUT2D eigenvalue weighted by molar-refractivity contribution is -0.696. The van der Waals surface area contributed by atoms with Crippen molar-refractivity contribution in [3.63, 3.8) is 0 Å². The van der Waals surface area contributed by atoms with Crippen molar-refractivity contribution in [1.82, 2.24) is 4.57 Å². The Morgan fingerprint density at radius 1 is 0.696 bits per heavy atom. The Bertz CT molecular complexity index is 349. The zero-order valence-corrected chi connectivity index (χ0v) is 15.7. The largest absolute Gasteiger partial charge is 0.870 e. The van der Waals surface area contributed by atoms with Crippen LogP contribution in [-0.2, 0) is 13.6 Å². The molecule has 0 aromatic carbocycles. The first-order valence-corrected chi connectivity index (χ1v) is 9.84. The quantitative estimate of drug-likeness (QED) is 0.305. The number of unbranched alkanes of at least 4 members (excludes halogenated alkanes) is 13. The Morgan fingerprint density at radius 2 is 1.13 bits per heavy atom. The summed E-state index contributed by atoms with van der Waals surface area (Å²) in [7, 11) is 2.09. The minimum absolute atomic E-state index is 0. The number of nitrogens with zero attached hydrogens (tertiary/aromatic N) is 2. The molecule has 0 saturated carbocycles. The molecule has 0 aliphatic rings. The zero-order chi connectivity index (χ0) is 15.9. The third-order valence-electron chi connectivity index (χ3n) is 4.59. The summed E-state index contributed by atoms with van der Waals surface area (Å²) in [5.74, 6) is 0. The fourth-order valence-corrected chi connectivity index (χ4v) is 3.12. The van der Waals surface area contributed by atoms with Crippen LogP contribution < -0.4 is 4.57 Å². The molecule has 0 unspecified atom stereocenters. The molecule has 0 saturated heterocycles. The van der Waals surface area contributed by atoms with E-state index in [0.717, 1.165) is 0 Å². The third kappa shape index (κ3) is 13.3. The molecule has 1 rings (SSSR count). The van der Waals surface area contributed by atoms with E-state index in [9.17, 15) is 0 Å². The Labute approximate surface area is 144 Å². The summed E-state index contributed by atoms with van der Waals surface area (Å²) in [6, 6.07) is 0. The Balaban J connectivity index is 0.00000484. The molecule has 0 amide bonds. The Kier molecular flexibility index (Phi) is 15.5. The second-order valence-corrected chi connectivity index (χ2v) is 6.91. The maximum atomic E-state index is 2.29. The average Bonchev–Trinajstić information content (AvgIpc) is 2.93. The molecule has 1 N–H and O–H groups in total. The van der Waals surface area contributed by atoms with Gasteiger partial charge in [0.15, 0.2) is 0 Å². The van der Waals surface area contributed by atoms with E-state index in [4.69, 9.17) is 0 Å². The van der Waals surface area contributed by atoms with Crippen molar-refractivity contribution >= 4 is 0 Å². The van der Waals surface area contributed by atoms with Gasteiger partial charge in [0, 0.05) is 0 Å². The highest BCUT2D eigenvalue weighted by Crippen LogP contribution is 2.12. The number of hydrogen-bond donors (Lipinski definition) is 0. The van der Waals surface area contributed by atoms with Crippen LogP contribution in [0.3, 0.4) is 0 Å². The van der Waals surface area contributed by atoms with Crippen LogP contribution >= 0.6 is 0 Å². The molecule has 0 bridgehead atoms. The van der Waals surface area contributed by atoms with Gasteiger partial charge < -0.3 is 5.48 Å². The van der Waals surface area contributed by atoms with Gasteiger partial charge in [-0.05, 0) is 12.8 Å². The number of rotatable bonds is 15. The molecule has 0 spiro atoms. The summed E-state index contributed by atoms with van der Waals surface area (Å²) in [4.78, 5) is 0. The van der Waals surface area contributed by atoms with Crippen molar-refractivity contribution in [1.29, 1.82) is 0 Å². The number of imidazole rings is 1. The van der Waals surface area contributed by atoms with Crippen LogP contribution in [-0.4, -0.2) is 10.0 Å². The highest BCUT2D eigenvalue weighted by Gasteiger charge is 1.99. The van der Waals surface area contributed by atoms with Crippen molar-refractivity contribution in [2.45, 2.75) is 103 Å². The van der Waals surface area contributed by atoms with E-state index in [1.54, 1.807) is 0 Å². The lowest BCUT2D eigenvalue weighted by Gasteiger charge is -2.03. The molecule has 23 heavy (non-hydrogen) atoms. The Hall–Kier alpha value is -0.830. The highest BCUT2D eigenvalue weighted by atomic mass is 16.0. The molecule has 0 aliphatic carbocycles. The molecule has 3 heteroatoms. The monoisotopic (exact) mass is 324 g/mol. The van der Waals surface area contributed by atoms with Gasteiger partial charge in [-0.3, -0.25) is 0 Å². The van der Waals surface area contributed by atoms with Crippen LogP contribution in [0.4, 0.5) is 0 Å². The van der Waals surface area contributed by atoms with Gasteiger partial charge in [-0.15, -0.1) is 0 Å². The second kappa shape index (κ2) is 16.0. The smallest absolute Gasteiger partial charge is 0.243 e. The van der Waals surface area contributed by atoms with Crippen molar-refractivity contribution < 1.29 is 10.0 Å². The van der Waals surface area contributed by atoms with Crippen LogP contribution in [0.5, 0.6) is 0 Å². The van der Waals surface area contributed by atoms with E-state index in [2.05, 4.69) is 41.8 Å². The van der Waals surface area contributed by atoms with Crippen LogP contribution in [0.25, 0.3) is 0 Å². The summed E-state index contributed by atoms with van der Waals surface area (Å²) >= 11 is 0. The van der Waals surface area contributed by atoms with Gasteiger partial charge in [-0.2, -0.15) is 0 Å². The summed E-state index contributed by atoms with van der Waals surface area (Å²) in [6.45, 7) is 3.47. The summed E-state index contributed by atoms with van der Waals surface area (Å²) in [5, 5.41) is 0. The first-order chi connectivity index (χ1) is 10.8. The first kappa shape index (κ1) is 22.2. The molecule has 0 radical (unpaired) electrons. The molecule has 1 aromatic heterocycles. The molecule has 1 heterocycles. The van der Waals surface area contributed by atoms with Crippen LogP contribution in [0.1, 0.15) is 96.8 Å². The van der Waals surface area contributed by atoms with E-state index >= 15 is 0 Å². The molecular formula is C20H40N2O. The van der Waals surface area contributed by atoms with Crippen molar-refractivity contribution in [2.24, 2.45) is 7.05 Å². The standard InChI is InChI=1S/C20H39N2.H2O/c1-3-4-5-6-7-8-9-10-11-12-13-14-15-16-17-22-19-18-21(2)20-22;/h18-20H,3-17H2,1-2H3;1H2/q+1;/p-1. The van der Waals surface area contributed by atoms with Gasteiger partial charge in [0.1, 0.15) is 12.4 Å². The van der Waals surface area contributed by atoms with E-state index in [-0.39, 0.29) is 5.48 Å². The maximum Gasteiger partial charge on any atom is 0.243 e. The lowest BCUT2D eigenvalue weighted by Crippen LogP contribution is -2.30. The predicted molar refractivity (Wildman–Crippen MR) is 97.9 cm³/mol. The fraction of sp³-hybridized carbons (Fsp3) is 0.850. The topological polar surface area (TPSA) is 38.8 Å². The SMILES string of the molecule is CCCCCCCCCCCCCCCC[n+]1ccn(C)c1.[OH-]. The van der Waals surface area contributed by atoms with Crippen molar-refractivity contribution in [3.8, 4) is 0 Å². The van der Waals surface area contributed by atoms with Gasteiger partial charge >= 0.3 is 0 Å². The number of aromatic nitrogens is 2. The Morgan fingerprint density at radius 3 is 1.52 bits per heavy atom. The summed E-state index contributed by atoms with van der Waals surface area (Å²) in [6.07, 6.45) is 26.5. The molecular weight excluding hydrogens is 284 g/mol. The van der Waals surface area contributed by atoms with E-state index in [0.29, 0.717) is 0 Å². The molecule has 0 atom stereocenters. The van der Waals surface area contributed by atoms with E-state index in [1.165, 1.54) is 96.4 Å². The molecule has 3 nitrogen and oxygen atoms in total.